The smallest absolute Gasteiger partial charge is 0.323 e. The van der Waals surface area contributed by atoms with Gasteiger partial charge in [0.25, 0.3) is 0 Å². The highest BCUT2D eigenvalue weighted by Gasteiger charge is 2.13. The summed E-state index contributed by atoms with van der Waals surface area (Å²) in [5.41, 5.74) is 3.14. The lowest BCUT2D eigenvalue weighted by Crippen LogP contribution is -2.20. The van der Waals surface area contributed by atoms with Crippen LogP contribution in [0.2, 0.25) is 0 Å². The van der Waals surface area contributed by atoms with Crippen LogP contribution in [-0.2, 0) is 0 Å². The van der Waals surface area contributed by atoms with Crippen molar-refractivity contribution in [3.05, 3.63) is 72.6 Å². The second-order valence-electron chi connectivity index (χ2n) is 7.56. The zero-order valence-corrected chi connectivity index (χ0v) is 18.6. The van der Waals surface area contributed by atoms with Gasteiger partial charge in [-0.2, -0.15) is 0 Å². The Morgan fingerprint density at radius 2 is 1.65 bits per heavy atom. The fourth-order valence-corrected chi connectivity index (χ4v) is 3.39. The SMILES string of the molecule is Cc1ncn(-c2cc(Oc3ccc(NC(=O)Nc4ccc5c(c4)OCCO5)cc3)ncn2)c1C. The summed E-state index contributed by atoms with van der Waals surface area (Å²) >= 11 is 0. The molecule has 0 atom stereocenters. The van der Waals surface area contributed by atoms with Crippen LogP contribution in [0, 0.1) is 13.8 Å². The van der Waals surface area contributed by atoms with Gasteiger partial charge in [0.2, 0.25) is 5.88 Å². The molecule has 1 aliphatic heterocycles. The molecule has 5 rings (SSSR count). The third-order valence-corrected chi connectivity index (χ3v) is 5.26. The maximum Gasteiger partial charge on any atom is 0.323 e. The van der Waals surface area contributed by atoms with E-state index in [-0.39, 0.29) is 6.03 Å². The first-order valence-electron chi connectivity index (χ1n) is 10.6. The number of urea groups is 1. The van der Waals surface area contributed by atoms with Gasteiger partial charge < -0.3 is 24.8 Å². The van der Waals surface area contributed by atoms with Crippen LogP contribution in [0.25, 0.3) is 5.82 Å². The van der Waals surface area contributed by atoms with Crippen molar-refractivity contribution in [1.29, 1.82) is 0 Å². The van der Waals surface area contributed by atoms with Crippen molar-refractivity contribution in [3.63, 3.8) is 0 Å². The summed E-state index contributed by atoms with van der Waals surface area (Å²) in [5, 5.41) is 5.57. The molecule has 2 amide bonds. The molecular weight excluding hydrogens is 436 g/mol. The van der Waals surface area contributed by atoms with Crippen LogP contribution in [0.3, 0.4) is 0 Å². The van der Waals surface area contributed by atoms with Crippen LogP contribution in [-0.4, -0.2) is 38.8 Å². The molecule has 0 saturated heterocycles. The van der Waals surface area contributed by atoms with Crippen molar-refractivity contribution in [2.24, 2.45) is 0 Å². The monoisotopic (exact) mass is 458 g/mol. The van der Waals surface area contributed by atoms with Gasteiger partial charge in [-0.05, 0) is 50.2 Å². The highest BCUT2D eigenvalue weighted by Crippen LogP contribution is 2.32. The van der Waals surface area contributed by atoms with Crippen LogP contribution < -0.4 is 24.8 Å². The molecule has 0 spiro atoms. The van der Waals surface area contributed by atoms with E-state index in [1.807, 2.05) is 18.4 Å². The first-order valence-corrected chi connectivity index (χ1v) is 10.6. The highest BCUT2D eigenvalue weighted by molar-refractivity contribution is 5.99. The van der Waals surface area contributed by atoms with Crippen LogP contribution >= 0.6 is 0 Å². The number of hydrogen-bond donors (Lipinski definition) is 2. The standard InChI is InChI=1S/C24H22N6O4/c1-15-16(2)30(14-27-15)22-12-23(26-13-25-22)34-19-6-3-17(4-7-19)28-24(31)29-18-5-8-20-21(11-18)33-10-9-32-20/h3-8,11-14H,9-10H2,1-2H3,(H2,28,29,31). The van der Waals surface area contributed by atoms with Crippen molar-refractivity contribution in [2.45, 2.75) is 13.8 Å². The maximum atomic E-state index is 12.4. The van der Waals surface area contributed by atoms with Crippen LogP contribution in [0.1, 0.15) is 11.4 Å². The summed E-state index contributed by atoms with van der Waals surface area (Å²) in [6.07, 6.45) is 3.16. The summed E-state index contributed by atoms with van der Waals surface area (Å²) in [5.74, 6) is 2.90. The number of nitrogens with zero attached hydrogens (tertiary/aromatic N) is 4. The van der Waals surface area contributed by atoms with Crippen LogP contribution in [0.4, 0.5) is 16.2 Å². The van der Waals surface area contributed by atoms with Gasteiger partial charge in [0.05, 0.1) is 5.69 Å². The molecule has 1 aliphatic rings. The number of imidazole rings is 1. The van der Waals surface area contributed by atoms with Crippen LogP contribution in [0.15, 0.2) is 61.2 Å². The Morgan fingerprint density at radius 1 is 0.912 bits per heavy atom. The number of anilines is 2. The molecule has 3 heterocycles. The van der Waals surface area contributed by atoms with Crippen molar-refractivity contribution >= 4 is 17.4 Å². The minimum Gasteiger partial charge on any atom is -0.486 e. The number of carbonyl (C=O) groups is 1. The minimum atomic E-state index is -0.378. The van der Waals surface area contributed by atoms with Gasteiger partial charge in [-0.25, -0.2) is 19.7 Å². The quantitative estimate of drug-likeness (QED) is 0.453. The zero-order chi connectivity index (χ0) is 23.5. The highest BCUT2D eigenvalue weighted by atomic mass is 16.6. The Labute approximate surface area is 195 Å². The molecule has 0 unspecified atom stereocenters. The van der Waals surface area contributed by atoms with Gasteiger partial charge in [0.1, 0.15) is 37.4 Å². The number of nitrogens with one attached hydrogen (secondary N) is 2. The van der Waals surface area contributed by atoms with E-state index in [1.165, 1.54) is 6.33 Å². The molecule has 34 heavy (non-hydrogen) atoms. The number of rotatable bonds is 5. The summed E-state index contributed by atoms with van der Waals surface area (Å²) < 4.78 is 18.8. The van der Waals surface area contributed by atoms with Crippen molar-refractivity contribution in [1.82, 2.24) is 19.5 Å². The Bertz CT molecular complexity index is 1340. The first kappa shape index (κ1) is 21.3. The average molecular weight is 458 g/mol. The average Bonchev–Trinajstić information content (AvgIpc) is 3.18. The molecule has 2 aromatic carbocycles. The molecule has 0 saturated carbocycles. The van der Waals surface area contributed by atoms with Gasteiger partial charge in [-0.15, -0.1) is 0 Å². The predicted octanol–water partition coefficient (Wildman–Crippen LogP) is 4.49. The van der Waals surface area contributed by atoms with Crippen molar-refractivity contribution in [3.8, 4) is 28.9 Å². The van der Waals surface area contributed by atoms with Crippen LogP contribution in [0.5, 0.6) is 23.1 Å². The topological polar surface area (TPSA) is 112 Å². The van der Waals surface area contributed by atoms with Crippen molar-refractivity contribution < 1.29 is 19.0 Å². The number of aryl methyl sites for hydroxylation is 1. The normalized spacial score (nSPS) is 12.2. The molecule has 4 aromatic rings. The number of hydrogen-bond acceptors (Lipinski definition) is 7. The molecular formula is C24H22N6O4. The van der Waals surface area contributed by atoms with Crippen molar-refractivity contribution in [2.75, 3.05) is 23.8 Å². The van der Waals surface area contributed by atoms with E-state index >= 15 is 0 Å². The number of carbonyl (C=O) groups excluding carboxylic acids is 1. The van der Waals surface area contributed by atoms with E-state index < -0.39 is 0 Å². The lowest BCUT2D eigenvalue weighted by atomic mass is 10.2. The molecule has 0 fully saturated rings. The third-order valence-electron chi connectivity index (χ3n) is 5.26. The lowest BCUT2D eigenvalue weighted by Gasteiger charge is -2.19. The van der Waals surface area contributed by atoms with E-state index in [0.29, 0.717) is 53.5 Å². The summed E-state index contributed by atoms with van der Waals surface area (Å²) in [7, 11) is 0. The second-order valence-corrected chi connectivity index (χ2v) is 7.56. The number of ether oxygens (including phenoxy) is 3. The number of amides is 2. The lowest BCUT2D eigenvalue weighted by molar-refractivity contribution is 0.171. The Morgan fingerprint density at radius 3 is 2.41 bits per heavy atom. The predicted molar refractivity (Wildman–Crippen MR) is 125 cm³/mol. The van der Waals surface area contributed by atoms with Gasteiger partial charge in [-0.3, -0.25) is 4.57 Å². The third kappa shape index (κ3) is 4.60. The Hall–Kier alpha value is -4.60. The molecule has 2 aromatic heterocycles. The van der Waals surface area contributed by atoms with E-state index in [0.717, 1.165) is 11.4 Å². The number of aromatic nitrogens is 4. The first-order chi connectivity index (χ1) is 16.5. The Kier molecular flexibility index (Phi) is 5.69. The summed E-state index contributed by atoms with van der Waals surface area (Å²) in [6.45, 7) is 4.91. The number of fused-ring (bicyclic) bond motifs is 1. The molecule has 0 bridgehead atoms. The number of benzene rings is 2. The molecule has 10 nitrogen and oxygen atoms in total. The largest absolute Gasteiger partial charge is 0.486 e. The van der Waals surface area contributed by atoms with Gasteiger partial charge >= 0.3 is 6.03 Å². The zero-order valence-electron chi connectivity index (χ0n) is 18.6. The molecule has 10 heteroatoms. The molecule has 172 valence electrons. The molecule has 0 radical (unpaired) electrons. The van der Waals surface area contributed by atoms with Gasteiger partial charge in [-0.1, -0.05) is 0 Å². The van der Waals surface area contributed by atoms with Gasteiger partial charge in [0.15, 0.2) is 11.5 Å². The Balaban J connectivity index is 1.21. The van der Waals surface area contributed by atoms with E-state index in [9.17, 15) is 4.79 Å². The maximum absolute atomic E-state index is 12.4. The van der Waals surface area contributed by atoms with Gasteiger partial charge in [0, 0.05) is 29.2 Å². The second kappa shape index (κ2) is 9.10. The molecule has 0 aliphatic carbocycles. The minimum absolute atomic E-state index is 0.378. The van der Waals surface area contributed by atoms with E-state index in [2.05, 4.69) is 25.6 Å². The fraction of sp³-hybridized carbons (Fsp3) is 0.167. The fourth-order valence-electron chi connectivity index (χ4n) is 3.39. The summed E-state index contributed by atoms with van der Waals surface area (Å²) in [6, 6.07) is 13.6. The van der Waals surface area contributed by atoms with E-state index in [1.54, 1.807) is 54.9 Å². The van der Waals surface area contributed by atoms with E-state index in [4.69, 9.17) is 14.2 Å². The molecule has 2 N–H and O–H groups in total. The summed E-state index contributed by atoms with van der Waals surface area (Å²) in [4.78, 5) is 25.1.